The summed E-state index contributed by atoms with van der Waals surface area (Å²) in [4.78, 5) is 16.6. The molecule has 0 amide bonds. The molecule has 28 heteroatoms. The molecule has 0 atom stereocenters. The number of carbonyl (C=O) groups is 1. The van der Waals surface area contributed by atoms with Gasteiger partial charge >= 0.3 is 49.4 Å². The Hall–Kier alpha value is -7.55. The molecule has 0 spiro atoms. The molecule has 420 valence electrons. The van der Waals surface area contributed by atoms with Crippen LogP contribution in [0.15, 0.2) is 146 Å². The van der Waals surface area contributed by atoms with Gasteiger partial charge in [0.2, 0.25) is 18.0 Å². The van der Waals surface area contributed by atoms with Crippen molar-refractivity contribution >= 4 is 33.8 Å². The van der Waals surface area contributed by atoms with E-state index in [0.29, 0.717) is 6.54 Å². The number of hydrogen-bond donors (Lipinski definition) is 0. The molecular formula is C51H29BF24N2O. The zero-order chi connectivity index (χ0) is 59.3. The highest BCUT2D eigenvalue weighted by molar-refractivity contribution is 7.20. The number of carbonyl (C=O) groups excluding carboxylic acids is 1. The first-order valence-corrected chi connectivity index (χ1v) is 21.8. The number of Topliss-reactive ketones (excluding diaryl/α,β-unsaturated/α-hetero) is 1. The zero-order valence-electron chi connectivity index (χ0n) is 39.0. The van der Waals surface area contributed by atoms with Crippen molar-refractivity contribution in [3.63, 3.8) is 0 Å². The standard InChI is InChI=1S/C32H12BF24.C19H17N2O/c34-25(35,36)13-1-14(26(37,38)39)6-21(5-13)33(22-7-15(27(40,41)42)2-16(8-22)28(43,44)45,23-9-17(29(46,47)48)3-18(10-23)30(49,50)51)24-11-19(31(52,53)54)4-20(12-24)32(55,56)57;1-15-7-9-16(10-8-15)18-13-20-11-12-21(18)14-19(22)17-5-3-2-4-6-17/h1-12H;2-13H,14H2,1H3/q-1;+1. The fourth-order valence-electron chi connectivity index (χ4n) is 8.43. The number of hydrogen-bond acceptors (Lipinski definition) is 2. The Morgan fingerprint density at radius 3 is 0.949 bits per heavy atom. The maximum atomic E-state index is 14.2. The van der Waals surface area contributed by atoms with E-state index in [4.69, 9.17) is 0 Å². The number of aromatic nitrogens is 2. The Morgan fingerprint density at radius 2 is 0.684 bits per heavy atom. The quantitative estimate of drug-likeness (QED) is 0.0658. The van der Waals surface area contributed by atoms with Crippen LogP contribution in [0.5, 0.6) is 0 Å². The molecule has 3 nitrogen and oxygen atoms in total. The Balaban J connectivity index is 0.000000378. The largest absolute Gasteiger partial charge is 0.416 e. The van der Waals surface area contributed by atoms with E-state index in [2.05, 4.69) is 36.2 Å². The van der Waals surface area contributed by atoms with Crippen molar-refractivity contribution in [1.29, 1.82) is 0 Å². The molecule has 0 aliphatic carbocycles. The second kappa shape index (κ2) is 21.3. The van der Waals surface area contributed by atoms with E-state index in [-0.39, 0.29) is 5.78 Å². The molecule has 6 aromatic carbocycles. The molecule has 0 fully saturated rings. The fourth-order valence-corrected chi connectivity index (χ4v) is 8.43. The monoisotopic (exact) mass is 1150 g/mol. The summed E-state index contributed by atoms with van der Waals surface area (Å²) < 4.78 is 343. The number of ketones is 1. The van der Waals surface area contributed by atoms with Crippen molar-refractivity contribution in [3.8, 4) is 11.3 Å². The van der Waals surface area contributed by atoms with Crippen molar-refractivity contribution in [1.82, 2.24) is 4.98 Å². The van der Waals surface area contributed by atoms with Crippen LogP contribution in [0.25, 0.3) is 11.3 Å². The van der Waals surface area contributed by atoms with E-state index >= 15 is 0 Å². The van der Waals surface area contributed by atoms with E-state index in [0.717, 1.165) is 16.8 Å². The molecule has 0 saturated carbocycles. The van der Waals surface area contributed by atoms with E-state index in [9.17, 15) is 110 Å². The van der Waals surface area contributed by atoms with Crippen molar-refractivity contribution in [3.05, 3.63) is 202 Å². The van der Waals surface area contributed by atoms with Crippen LogP contribution in [-0.2, 0) is 56.0 Å². The topological polar surface area (TPSA) is 33.8 Å². The highest BCUT2D eigenvalue weighted by Gasteiger charge is 2.47. The number of rotatable bonds is 8. The van der Waals surface area contributed by atoms with Gasteiger partial charge in [0.15, 0.2) is 6.20 Å². The van der Waals surface area contributed by atoms with Gasteiger partial charge in [-0.3, -0.25) is 9.78 Å². The van der Waals surface area contributed by atoms with Crippen LogP contribution in [0.3, 0.4) is 0 Å². The SMILES string of the molecule is Cc1ccc(-c2cncc[n+]2CC(=O)c2ccccc2)cc1.FC(F)(F)c1cc([B-](c2cc(C(F)(F)F)cc(C(F)(F)F)c2)(c2cc(C(F)(F)F)cc(C(F)(F)F)c2)c2cc(C(F)(F)F)cc(C(F)(F)F)c2)cc(C(F)(F)F)c1. The van der Waals surface area contributed by atoms with Crippen molar-refractivity contribution in [2.75, 3.05) is 0 Å². The summed E-state index contributed by atoms with van der Waals surface area (Å²) in [6, 6.07) is 8.77. The molecule has 7 rings (SSSR count). The lowest BCUT2D eigenvalue weighted by Crippen LogP contribution is -2.75. The van der Waals surface area contributed by atoms with Crippen LogP contribution in [0.1, 0.15) is 60.4 Å². The number of benzene rings is 6. The fraction of sp³-hybridized carbons (Fsp3) is 0.196. The Bertz CT molecular complexity index is 2890. The summed E-state index contributed by atoms with van der Waals surface area (Å²) in [7, 11) is 0. The van der Waals surface area contributed by atoms with E-state index < -0.39 is 195 Å². The van der Waals surface area contributed by atoms with Gasteiger partial charge in [0.05, 0.1) is 56.9 Å². The third-order valence-corrected chi connectivity index (χ3v) is 12.0. The summed E-state index contributed by atoms with van der Waals surface area (Å²) in [6.07, 6.45) is -49.5. The lowest BCUT2D eigenvalue weighted by molar-refractivity contribution is -0.672. The average Bonchev–Trinajstić information content (AvgIpc) is 3.52. The van der Waals surface area contributed by atoms with E-state index in [1.165, 1.54) is 5.56 Å². The van der Waals surface area contributed by atoms with Crippen LogP contribution in [0, 0.1) is 6.92 Å². The number of nitrogens with zero attached hydrogens (tertiary/aromatic N) is 2. The van der Waals surface area contributed by atoms with Gasteiger partial charge < -0.3 is 0 Å². The minimum atomic E-state index is -6.13. The Labute approximate surface area is 428 Å². The van der Waals surface area contributed by atoms with Crippen LogP contribution in [-0.4, -0.2) is 16.9 Å². The van der Waals surface area contributed by atoms with Gasteiger partial charge in [0.25, 0.3) is 0 Å². The van der Waals surface area contributed by atoms with Crippen LogP contribution in [0.2, 0.25) is 0 Å². The predicted molar refractivity (Wildman–Crippen MR) is 235 cm³/mol. The average molecular weight is 1150 g/mol. The van der Waals surface area contributed by atoms with Gasteiger partial charge in [-0.15, -0.1) is 0 Å². The van der Waals surface area contributed by atoms with Gasteiger partial charge in [-0.25, -0.2) is 0 Å². The van der Waals surface area contributed by atoms with Crippen molar-refractivity contribution in [2.24, 2.45) is 0 Å². The number of aryl methyl sites for hydroxylation is 1. The maximum Gasteiger partial charge on any atom is 0.416 e. The molecular weight excluding hydrogens is 1120 g/mol. The molecule has 1 heterocycles. The lowest BCUT2D eigenvalue weighted by Gasteiger charge is -2.46. The molecule has 0 aliphatic rings. The highest BCUT2D eigenvalue weighted by Crippen LogP contribution is 2.41. The zero-order valence-corrected chi connectivity index (χ0v) is 39.0. The smallest absolute Gasteiger partial charge is 0.287 e. The van der Waals surface area contributed by atoms with Crippen LogP contribution < -0.4 is 26.4 Å². The normalized spacial score (nSPS) is 13.2. The molecule has 0 saturated heterocycles. The van der Waals surface area contributed by atoms with Crippen molar-refractivity contribution in [2.45, 2.75) is 62.9 Å². The van der Waals surface area contributed by atoms with Gasteiger partial charge in [0, 0.05) is 11.1 Å². The Kier molecular flexibility index (Phi) is 16.3. The van der Waals surface area contributed by atoms with Gasteiger partial charge in [-0.05, 0) is 43.3 Å². The molecule has 1 aromatic heterocycles. The number of halogens is 24. The van der Waals surface area contributed by atoms with Crippen molar-refractivity contribution < 1.29 is 115 Å². The molecule has 0 bridgehead atoms. The number of alkyl halides is 24. The van der Waals surface area contributed by atoms with Crippen LogP contribution >= 0.6 is 0 Å². The summed E-state index contributed by atoms with van der Waals surface area (Å²) in [5.41, 5.74) is -26.3. The van der Waals surface area contributed by atoms with Gasteiger partial charge in [-0.1, -0.05) is 96.6 Å². The summed E-state index contributed by atoms with van der Waals surface area (Å²) in [5.74, 6) is 0.0881. The maximum absolute atomic E-state index is 14.2. The first-order chi connectivity index (χ1) is 36.0. The highest BCUT2D eigenvalue weighted by atomic mass is 19.4. The second-order valence-electron chi connectivity index (χ2n) is 17.5. The molecule has 0 radical (unpaired) electrons. The molecule has 0 unspecified atom stereocenters. The van der Waals surface area contributed by atoms with Gasteiger partial charge in [0.1, 0.15) is 6.15 Å². The van der Waals surface area contributed by atoms with E-state index in [1.54, 1.807) is 12.4 Å². The van der Waals surface area contributed by atoms with Gasteiger partial charge in [-0.2, -0.15) is 132 Å². The summed E-state index contributed by atoms with van der Waals surface area (Å²) >= 11 is 0. The summed E-state index contributed by atoms with van der Waals surface area (Å²) in [6.45, 7) is 2.36. The first kappa shape index (κ1) is 60.7. The lowest BCUT2D eigenvalue weighted by atomic mass is 9.12. The molecule has 0 aliphatic heterocycles. The van der Waals surface area contributed by atoms with E-state index in [1.807, 2.05) is 41.1 Å². The summed E-state index contributed by atoms with van der Waals surface area (Å²) in [5, 5.41) is 0. The Morgan fingerprint density at radius 1 is 0.405 bits per heavy atom. The third-order valence-electron chi connectivity index (χ3n) is 12.0. The third kappa shape index (κ3) is 14.0. The second-order valence-corrected chi connectivity index (χ2v) is 17.5. The minimum absolute atomic E-state index is 0.0881. The minimum Gasteiger partial charge on any atom is -0.287 e. The molecule has 79 heavy (non-hydrogen) atoms. The first-order valence-electron chi connectivity index (χ1n) is 21.8. The molecule has 7 aromatic rings. The molecule has 0 N–H and O–H groups in total. The van der Waals surface area contributed by atoms with Crippen LogP contribution in [0.4, 0.5) is 105 Å². The predicted octanol–water partition coefficient (Wildman–Crippen LogP) is 14.4.